The predicted molar refractivity (Wildman–Crippen MR) is 86.0 cm³/mol. The molecule has 4 rings (SSSR count). The largest absolute Gasteiger partial charge is 0.463 e. The lowest BCUT2D eigenvalue weighted by Gasteiger charge is -2.52. The smallest absolute Gasteiger partial charge is 0.316 e. The number of ether oxygens (including phenoxy) is 1. The molecular formula is C16H23N3O3S. The molecule has 3 fully saturated rings. The van der Waals surface area contributed by atoms with E-state index in [2.05, 4.69) is 14.9 Å². The molecule has 0 amide bonds. The van der Waals surface area contributed by atoms with Crippen molar-refractivity contribution in [2.75, 3.05) is 25.4 Å². The molecule has 7 heteroatoms. The van der Waals surface area contributed by atoms with E-state index in [1.807, 2.05) is 0 Å². The van der Waals surface area contributed by atoms with Crippen LogP contribution in [0.15, 0.2) is 18.5 Å². The van der Waals surface area contributed by atoms with E-state index in [9.17, 15) is 8.42 Å². The Morgan fingerprint density at radius 1 is 1.17 bits per heavy atom. The molecule has 0 N–H and O–H groups in total. The van der Waals surface area contributed by atoms with Gasteiger partial charge >= 0.3 is 6.01 Å². The molecule has 3 aliphatic rings. The number of hydrogen-bond acceptors (Lipinski definition) is 6. The number of hydrogen-bond donors (Lipinski definition) is 0. The Labute approximate surface area is 137 Å². The Balaban J connectivity index is 1.45. The average Bonchev–Trinajstić information content (AvgIpc) is 3.10. The maximum Gasteiger partial charge on any atom is 0.316 e. The minimum atomic E-state index is -3.03. The van der Waals surface area contributed by atoms with Gasteiger partial charge in [0.1, 0.15) is 4.75 Å². The first kappa shape index (κ1) is 15.3. The minimum absolute atomic E-state index is 0.0500. The molecule has 1 aromatic rings. The lowest BCUT2D eigenvalue weighted by Crippen LogP contribution is -2.69. The van der Waals surface area contributed by atoms with E-state index < -0.39 is 14.6 Å². The van der Waals surface area contributed by atoms with Crippen LogP contribution < -0.4 is 4.74 Å². The number of likely N-dealkylation sites (tertiary alicyclic amines) is 1. The summed E-state index contributed by atoms with van der Waals surface area (Å²) in [6, 6.07) is 2.66. The van der Waals surface area contributed by atoms with Gasteiger partial charge in [-0.25, -0.2) is 18.4 Å². The monoisotopic (exact) mass is 337 g/mol. The molecule has 23 heavy (non-hydrogen) atoms. The van der Waals surface area contributed by atoms with Gasteiger partial charge in [-0.3, -0.25) is 4.90 Å². The lowest BCUT2D eigenvalue weighted by molar-refractivity contribution is 0.0309. The molecule has 3 heterocycles. The second kappa shape index (κ2) is 5.70. The Morgan fingerprint density at radius 2 is 1.87 bits per heavy atom. The molecule has 1 aromatic heterocycles. The van der Waals surface area contributed by atoms with Crippen molar-refractivity contribution < 1.29 is 13.2 Å². The fourth-order valence-electron chi connectivity index (χ4n) is 4.41. The van der Waals surface area contributed by atoms with Gasteiger partial charge in [0.15, 0.2) is 9.84 Å². The van der Waals surface area contributed by atoms with E-state index in [0.717, 1.165) is 0 Å². The third-order valence-electron chi connectivity index (χ3n) is 5.84. The molecule has 0 radical (unpaired) electrons. The summed E-state index contributed by atoms with van der Waals surface area (Å²) in [6.07, 6.45) is 8.94. The third kappa shape index (κ3) is 2.54. The SMILES string of the molecule is O=S1(=O)CCC(COc2ncccn2)C12CN(C1CCCC1)C2. The maximum atomic E-state index is 12.6. The van der Waals surface area contributed by atoms with Crippen molar-refractivity contribution >= 4 is 9.84 Å². The summed E-state index contributed by atoms with van der Waals surface area (Å²) in [5.74, 6) is 0.337. The van der Waals surface area contributed by atoms with Crippen LogP contribution in [0.5, 0.6) is 6.01 Å². The van der Waals surface area contributed by atoms with Crippen LogP contribution >= 0.6 is 0 Å². The topological polar surface area (TPSA) is 72.4 Å². The maximum absolute atomic E-state index is 12.6. The quantitative estimate of drug-likeness (QED) is 0.824. The van der Waals surface area contributed by atoms with Gasteiger partial charge in [0.2, 0.25) is 0 Å². The van der Waals surface area contributed by atoms with Crippen molar-refractivity contribution in [3.05, 3.63) is 18.5 Å². The lowest BCUT2D eigenvalue weighted by atomic mass is 9.82. The molecule has 1 aliphatic carbocycles. The van der Waals surface area contributed by atoms with Crippen molar-refractivity contribution in [1.82, 2.24) is 14.9 Å². The summed E-state index contributed by atoms with van der Waals surface area (Å²) in [5.41, 5.74) is 0. The highest BCUT2D eigenvalue weighted by molar-refractivity contribution is 7.93. The van der Waals surface area contributed by atoms with E-state index in [1.54, 1.807) is 18.5 Å². The van der Waals surface area contributed by atoms with Crippen LogP contribution in [0.2, 0.25) is 0 Å². The molecule has 1 saturated carbocycles. The minimum Gasteiger partial charge on any atom is -0.463 e. The van der Waals surface area contributed by atoms with Crippen LogP contribution in [0.1, 0.15) is 32.1 Å². The van der Waals surface area contributed by atoms with E-state index in [4.69, 9.17) is 4.74 Å². The van der Waals surface area contributed by atoms with E-state index in [1.165, 1.54) is 25.7 Å². The zero-order chi connectivity index (χ0) is 15.9. The summed E-state index contributed by atoms with van der Waals surface area (Å²) in [4.78, 5) is 10.5. The zero-order valence-corrected chi connectivity index (χ0v) is 14.0. The molecule has 2 aliphatic heterocycles. The molecule has 1 unspecified atom stereocenters. The third-order valence-corrected chi connectivity index (χ3v) is 8.44. The van der Waals surface area contributed by atoms with Crippen LogP contribution in [0.25, 0.3) is 0 Å². The molecule has 2 saturated heterocycles. The average molecular weight is 337 g/mol. The van der Waals surface area contributed by atoms with Gasteiger partial charge < -0.3 is 4.74 Å². The molecule has 0 bridgehead atoms. The van der Waals surface area contributed by atoms with Crippen LogP contribution in [-0.2, 0) is 9.84 Å². The van der Waals surface area contributed by atoms with Gasteiger partial charge in [0, 0.05) is 37.4 Å². The summed E-state index contributed by atoms with van der Waals surface area (Å²) >= 11 is 0. The summed E-state index contributed by atoms with van der Waals surface area (Å²) in [6.45, 7) is 1.76. The molecule has 0 aromatic carbocycles. The van der Waals surface area contributed by atoms with Crippen molar-refractivity contribution in [3.8, 4) is 6.01 Å². The van der Waals surface area contributed by atoms with Gasteiger partial charge in [-0.15, -0.1) is 0 Å². The van der Waals surface area contributed by atoms with Crippen LogP contribution in [0.3, 0.4) is 0 Å². The van der Waals surface area contributed by atoms with E-state index in [0.29, 0.717) is 38.2 Å². The van der Waals surface area contributed by atoms with Crippen molar-refractivity contribution in [1.29, 1.82) is 0 Å². The zero-order valence-electron chi connectivity index (χ0n) is 13.2. The number of rotatable bonds is 4. The first-order chi connectivity index (χ1) is 11.1. The van der Waals surface area contributed by atoms with Gasteiger partial charge in [0.05, 0.1) is 12.4 Å². The fraction of sp³-hybridized carbons (Fsp3) is 0.750. The van der Waals surface area contributed by atoms with E-state index >= 15 is 0 Å². The molecule has 1 atom stereocenters. The van der Waals surface area contributed by atoms with Gasteiger partial charge in [-0.05, 0) is 25.3 Å². The first-order valence-corrected chi connectivity index (χ1v) is 10.1. The first-order valence-electron chi connectivity index (χ1n) is 8.47. The second-order valence-electron chi connectivity index (χ2n) is 7.05. The van der Waals surface area contributed by atoms with Crippen molar-refractivity contribution in [3.63, 3.8) is 0 Å². The van der Waals surface area contributed by atoms with Gasteiger partial charge in [0.25, 0.3) is 0 Å². The number of aromatic nitrogens is 2. The van der Waals surface area contributed by atoms with E-state index in [-0.39, 0.29) is 11.7 Å². The summed E-state index contributed by atoms with van der Waals surface area (Å²) in [7, 11) is -3.03. The van der Waals surface area contributed by atoms with Crippen molar-refractivity contribution in [2.24, 2.45) is 5.92 Å². The predicted octanol–water partition coefficient (Wildman–Crippen LogP) is 1.29. The highest BCUT2D eigenvalue weighted by Crippen LogP contribution is 2.46. The summed E-state index contributed by atoms with van der Waals surface area (Å²) in [5, 5.41) is 0. The number of nitrogens with zero attached hydrogens (tertiary/aromatic N) is 3. The molecular weight excluding hydrogens is 314 g/mol. The fourth-order valence-corrected chi connectivity index (χ4v) is 6.83. The Morgan fingerprint density at radius 3 is 2.57 bits per heavy atom. The highest BCUT2D eigenvalue weighted by Gasteiger charge is 2.62. The summed E-state index contributed by atoms with van der Waals surface area (Å²) < 4.78 is 30.3. The van der Waals surface area contributed by atoms with Gasteiger partial charge in [-0.1, -0.05) is 12.8 Å². The molecule has 1 spiro atoms. The van der Waals surface area contributed by atoms with Crippen LogP contribution in [0.4, 0.5) is 0 Å². The highest BCUT2D eigenvalue weighted by atomic mass is 32.2. The normalized spacial score (nSPS) is 29.7. The van der Waals surface area contributed by atoms with Crippen LogP contribution in [-0.4, -0.2) is 59.5 Å². The Bertz CT molecular complexity index is 652. The van der Waals surface area contributed by atoms with Gasteiger partial charge in [-0.2, -0.15) is 0 Å². The Hall–Kier alpha value is -1.21. The standard InChI is InChI=1S/C16H23N3O3S/c20-23(21)9-6-13(10-22-15-17-7-3-8-18-15)16(23)11-19(12-16)14-4-1-2-5-14/h3,7-8,13-14H,1-2,4-6,9-12H2. The number of sulfone groups is 1. The molecule has 126 valence electrons. The van der Waals surface area contributed by atoms with Crippen molar-refractivity contribution in [2.45, 2.75) is 42.9 Å². The Kier molecular flexibility index (Phi) is 3.80. The second-order valence-corrected chi connectivity index (χ2v) is 9.51. The van der Waals surface area contributed by atoms with Crippen LogP contribution in [0, 0.1) is 5.92 Å². The molecule has 6 nitrogen and oxygen atoms in total.